The molecule has 8 rings (SSSR count). The molecule has 0 spiro atoms. The van der Waals surface area contributed by atoms with Crippen LogP contribution in [0.3, 0.4) is 0 Å². The number of carbonyl (C=O) groups is 3. The van der Waals surface area contributed by atoms with Crippen molar-refractivity contribution >= 4 is 63.8 Å². The molecular weight excluding hydrogens is 663 g/mol. The van der Waals surface area contributed by atoms with Crippen LogP contribution in [0.15, 0.2) is 72.3 Å². The molecule has 0 aromatic heterocycles. The number of nitrogens with zero attached hydrogens (tertiary/aromatic N) is 1. The quantitative estimate of drug-likeness (QED) is 0.164. The van der Waals surface area contributed by atoms with E-state index in [9.17, 15) is 14.4 Å². The summed E-state index contributed by atoms with van der Waals surface area (Å²) in [5.74, 6) is 1.83. The molecule has 1 aliphatic heterocycles. The Kier molecular flexibility index (Phi) is 7.13. The van der Waals surface area contributed by atoms with Crippen molar-refractivity contribution in [1.82, 2.24) is 5.32 Å². The molecule has 4 saturated carbocycles. The standard InChI is InChI=1S/C34H30ClIN2O4/c35-26-6-1-20(2-7-26)19-42-30-10-3-21(15-29(30)36)14-28-31(39)37-33(41)38(32(28)40)27-8-4-25(5-9-27)34-16-22-11-23(17-34)13-24(12-22)18-34/h1-10,14-15,22-24H,11-13,16-19H2,(H,37,39,41)/b28-14+. The van der Waals surface area contributed by atoms with Gasteiger partial charge in [0.05, 0.1) is 9.26 Å². The maximum absolute atomic E-state index is 13.5. The van der Waals surface area contributed by atoms with Gasteiger partial charge in [0, 0.05) is 5.02 Å². The van der Waals surface area contributed by atoms with Crippen molar-refractivity contribution in [2.45, 2.75) is 50.5 Å². The second-order valence-electron chi connectivity index (χ2n) is 12.3. The van der Waals surface area contributed by atoms with E-state index in [1.807, 2.05) is 42.5 Å². The molecule has 3 aromatic rings. The summed E-state index contributed by atoms with van der Waals surface area (Å²) < 4.78 is 6.78. The summed E-state index contributed by atoms with van der Waals surface area (Å²) in [6.07, 6.45) is 9.38. The Labute approximate surface area is 263 Å². The van der Waals surface area contributed by atoms with Gasteiger partial charge in [0.2, 0.25) is 0 Å². The van der Waals surface area contributed by atoms with Crippen LogP contribution in [-0.4, -0.2) is 17.8 Å². The average molecular weight is 693 g/mol. The molecule has 1 saturated heterocycles. The molecule has 6 nitrogen and oxygen atoms in total. The molecule has 42 heavy (non-hydrogen) atoms. The number of imide groups is 2. The molecule has 0 atom stereocenters. The van der Waals surface area contributed by atoms with E-state index in [4.69, 9.17) is 16.3 Å². The Morgan fingerprint density at radius 2 is 1.55 bits per heavy atom. The number of barbiturate groups is 1. The van der Waals surface area contributed by atoms with Crippen molar-refractivity contribution in [2.75, 3.05) is 4.90 Å². The maximum Gasteiger partial charge on any atom is 0.335 e. The van der Waals surface area contributed by atoms with Gasteiger partial charge in [0.25, 0.3) is 11.8 Å². The molecule has 214 valence electrons. The Bertz CT molecular complexity index is 1580. The first-order chi connectivity index (χ1) is 20.3. The lowest BCUT2D eigenvalue weighted by Crippen LogP contribution is -2.54. The highest BCUT2D eigenvalue weighted by molar-refractivity contribution is 14.1. The zero-order chi connectivity index (χ0) is 29.0. The highest BCUT2D eigenvalue weighted by Gasteiger charge is 2.51. The maximum atomic E-state index is 13.5. The summed E-state index contributed by atoms with van der Waals surface area (Å²) in [6.45, 7) is 0.382. The van der Waals surface area contributed by atoms with E-state index >= 15 is 0 Å². The summed E-state index contributed by atoms with van der Waals surface area (Å²) in [7, 11) is 0. The highest BCUT2D eigenvalue weighted by Crippen LogP contribution is 2.60. The van der Waals surface area contributed by atoms with E-state index in [-0.39, 0.29) is 11.0 Å². The van der Waals surface area contributed by atoms with E-state index in [0.717, 1.165) is 31.8 Å². The van der Waals surface area contributed by atoms with Crippen LogP contribution in [0.25, 0.3) is 6.08 Å². The molecule has 4 amide bonds. The third-order valence-electron chi connectivity index (χ3n) is 9.45. The second-order valence-corrected chi connectivity index (χ2v) is 13.9. The molecule has 0 unspecified atom stereocenters. The SMILES string of the molecule is O=C1NC(=O)N(c2ccc(C34CC5CC(CC(C5)C3)C4)cc2)C(=O)/C1=C/c1ccc(OCc2ccc(Cl)cc2)c(I)c1. The number of urea groups is 1. The summed E-state index contributed by atoms with van der Waals surface area (Å²) in [6, 6.07) is 20.0. The van der Waals surface area contributed by atoms with Gasteiger partial charge in [-0.3, -0.25) is 14.9 Å². The Morgan fingerprint density at radius 1 is 0.905 bits per heavy atom. The van der Waals surface area contributed by atoms with Gasteiger partial charge in [0.15, 0.2) is 0 Å². The monoisotopic (exact) mass is 692 g/mol. The van der Waals surface area contributed by atoms with Crippen molar-refractivity contribution in [2.24, 2.45) is 17.8 Å². The van der Waals surface area contributed by atoms with E-state index in [1.165, 1.54) is 50.2 Å². The van der Waals surface area contributed by atoms with E-state index in [2.05, 4.69) is 40.0 Å². The van der Waals surface area contributed by atoms with E-state index in [1.54, 1.807) is 12.1 Å². The number of halogens is 2. The first-order valence-electron chi connectivity index (χ1n) is 14.5. The highest BCUT2D eigenvalue weighted by atomic mass is 127. The summed E-state index contributed by atoms with van der Waals surface area (Å²) in [5.41, 5.74) is 3.56. The molecule has 4 aliphatic carbocycles. The van der Waals surface area contributed by atoms with Gasteiger partial charge in [-0.05, 0) is 143 Å². The lowest BCUT2D eigenvalue weighted by molar-refractivity contribution is -0.122. The molecule has 1 N–H and O–H groups in total. The predicted molar refractivity (Wildman–Crippen MR) is 170 cm³/mol. The number of hydrogen-bond donors (Lipinski definition) is 1. The number of rotatable bonds is 6. The minimum absolute atomic E-state index is 0.0922. The zero-order valence-electron chi connectivity index (χ0n) is 22.9. The lowest BCUT2D eigenvalue weighted by atomic mass is 9.48. The number of benzene rings is 3. The number of ether oxygens (including phenoxy) is 1. The fraction of sp³-hybridized carbons (Fsp3) is 0.324. The zero-order valence-corrected chi connectivity index (χ0v) is 25.9. The van der Waals surface area contributed by atoms with Crippen LogP contribution in [0.1, 0.15) is 55.2 Å². The molecule has 8 heteroatoms. The fourth-order valence-corrected chi connectivity index (χ4v) is 8.77. The molecule has 4 bridgehead atoms. The van der Waals surface area contributed by atoms with Gasteiger partial charge < -0.3 is 4.74 Å². The van der Waals surface area contributed by atoms with Crippen molar-refractivity contribution in [3.8, 4) is 5.75 Å². The van der Waals surface area contributed by atoms with Crippen LogP contribution in [0.4, 0.5) is 10.5 Å². The third-order valence-corrected chi connectivity index (χ3v) is 10.5. The lowest BCUT2D eigenvalue weighted by Gasteiger charge is -2.57. The van der Waals surface area contributed by atoms with E-state index in [0.29, 0.717) is 28.6 Å². The van der Waals surface area contributed by atoms with Crippen LogP contribution in [0.5, 0.6) is 5.75 Å². The molecule has 3 aromatic carbocycles. The fourth-order valence-electron chi connectivity index (χ4n) is 7.95. The predicted octanol–water partition coefficient (Wildman–Crippen LogP) is 7.66. The van der Waals surface area contributed by atoms with Gasteiger partial charge in [-0.1, -0.05) is 41.9 Å². The Morgan fingerprint density at radius 3 is 2.17 bits per heavy atom. The number of carbonyl (C=O) groups excluding carboxylic acids is 3. The molecule has 0 radical (unpaired) electrons. The average Bonchev–Trinajstić information content (AvgIpc) is 2.95. The summed E-state index contributed by atoms with van der Waals surface area (Å²) in [4.78, 5) is 40.2. The van der Waals surface area contributed by atoms with Crippen LogP contribution < -0.4 is 15.0 Å². The van der Waals surface area contributed by atoms with Gasteiger partial charge in [0.1, 0.15) is 17.9 Å². The minimum atomic E-state index is -0.731. The largest absolute Gasteiger partial charge is 0.488 e. The van der Waals surface area contributed by atoms with Crippen LogP contribution in [-0.2, 0) is 21.6 Å². The minimum Gasteiger partial charge on any atom is -0.488 e. The third kappa shape index (κ3) is 5.15. The number of anilines is 1. The normalized spacial score (nSPS) is 27.5. The molecular formula is C34H30ClIN2O4. The van der Waals surface area contributed by atoms with E-state index < -0.39 is 17.8 Å². The Balaban J connectivity index is 1.09. The van der Waals surface area contributed by atoms with Crippen LogP contribution in [0.2, 0.25) is 5.02 Å². The van der Waals surface area contributed by atoms with Crippen LogP contribution >= 0.6 is 34.2 Å². The number of amides is 4. The summed E-state index contributed by atoms with van der Waals surface area (Å²) in [5, 5.41) is 3.01. The van der Waals surface area contributed by atoms with Gasteiger partial charge in [-0.25, -0.2) is 9.69 Å². The first kappa shape index (κ1) is 27.7. The van der Waals surface area contributed by atoms with Crippen molar-refractivity contribution < 1.29 is 19.1 Å². The topological polar surface area (TPSA) is 75.7 Å². The van der Waals surface area contributed by atoms with Crippen molar-refractivity contribution in [3.63, 3.8) is 0 Å². The molecule has 5 aliphatic rings. The van der Waals surface area contributed by atoms with Crippen molar-refractivity contribution in [3.05, 3.63) is 97.6 Å². The second kappa shape index (κ2) is 10.8. The number of nitrogens with one attached hydrogen (secondary N) is 1. The van der Waals surface area contributed by atoms with Crippen LogP contribution in [0, 0.1) is 21.3 Å². The molecule has 5 fully saturated rings. The smallest absolute Gasteiger partial charge is 0.335 e. The van der Waals surface area contributed by atoms with Gasteiger partial charge >= 0.3 is 6.03 Å². The molecule has 1 heterocycles. The van der Waals surface area contributed by atoms with Crippen molar-refractivity contribution in [1.29, 1.82) is 0 Å². The van der Waals surface area contributed by atoms with Gasteiger partial charge in [-0.15, -0.1) is 0 Å². The Hall–Kier alpha value is -3.17. The number of hydrogen-bond acceptors (Lipinski definition) is 4. The van der Waals surface area contributed by atoms with Gasteiger partial charge in [-0.2, -0.15) is 0 Å². The summed E-state index contributed by atoms with van der Waals surface area (Å²) >= 11 is 8.12. The first-order valence-corrected chi connectivity index (χ1v) is 15.9.